The van der Waals surface area contributed by atoms with Gasteiger partial charge in [0.1, 0.15) is 18.3 Å². The maximum absolute atomic E-state index is 10.7. The first kappa shape index (κ1) is 12.3. The zero-order valence-corrected chi connectivity index (χ0v) is 8.24. The Morgan fingerprint density at radius 2 is 2.07 bits per heavy atom. The predicted octanol–water partition coefficient (Wildman–Crippen LogP) is -2.68. The van der Waals surface area contributed by atoms with Gasteiger partial charge in [0, 0.05) is 6.92 Å². The molecule has 0 amide bonds. The summed E-state index contributed by atoms with van der Waals surface area (Å²) in [6.07, 6.45) is -4.76. The van der Waals surface area contributed by atoms with Crippen molar-refractivity contribution >= 4 is 5.97 Å². The standard InChI is InChI=1S/C8H15NO6/c1-3(11)14-8-5(9)7(13)6(12)4(2-10)15-8/h4-8,10,12-13H,2,9H2,1H3/t4-,5-,6+,7-,8-/m1/s1. The van der Waals surface area contributed by atoms with Crippen LogP contribution in [0.4, 0.5) is 0 Å². The van der Waals surface area contributed by atoms with E-state index in [-0.39, 0.29) is 0 Å². The van der Waals surface area contributed by atoms with Crippen LogP contribution in [0.15, 0.2) is 0 Å². The zero-order valence-electron chi connectivity index (χ0n) is 8.24. The lowest BCUT2D eigenvalue weighted by atomic mass is 9.98. The maximum atomic E-state index is 10.7. The molecule has 0 unspecified atom stereocenters. The molecule has 1 heterocycles. The molecule has 0 aromatic carbocycles. The molecule has 1 fully saturated rings. The molecule has 0 saturated carbocycles. The molecule has 5 N–H and O–H groups in total. The average Bonchev–Trinajstić information content (AvgIpc) is 2.18. The van der Waals surface area contributed by atoms with E-state index in [9.17, 15) is 15.0 Å². The van der Waals surface area contributed by atoms with Gasteiger partial charge in [0.15, 0.2) is 0 Å². The fourth-order valence-electron chi connectivity index (χ4n) is 1.37. The second-order valence-electron chi connectivity index (χ2n) is 3.39. The highest BCUT2D eigenvalue weighted by Crippen LogP contribution is 2.20. The Hall–Kier alpha value is -0.730. The number of rotatable bonds is 2. The van der Waals surface area contributed by atoms with Crippen LogP contribution in [0, 0.1) is 0 Å². The van der Waals surface area contributed by atoms with Crippen molar-refractivity contribution in [3.63, 3.8) is 0 Å². The summed E-state index contributed by atoms with van der Waals surface area (Å²) >= 11 is 0. The Morgan fingerprint density at radius 3 is 2.53 bits per heavy atom. The monoisotopic (exact) mass is 221 g/mol. The van der Waals surface area contributed by atoms with E-state index in [2.05, 4.69) is 4.74 Å². The molecule has 15 heavy (non-hydrogen) atoms. The van der Waals surface area contributed by atoms with Crippen molar-refractivity contribution in [3.05, 3.63) is 0 Å². The van der Waals surface area contributed by atoms with Crippen molar-refractivity contribution in [2.45, 2.75) is 37.6 Å². The molecule has 0 aromatic heterocycles. The van der Waals surface area contributed by atoms with E-state index in [0.717, 1.165) is 0 Å². The number of ether oxygens (including phenoxy) is 2. The molecule has 0 aliphatic carbocycles. The quantitative estimate of drug-likeness (QED) is 0.375. The van der Waals surface area contributed by atoms with Gasteiger partial charge >= 0.3 is 5.97 Å². The summed E-state index contributed by atoms with van der Waals surface area (Å²) in [6, 6.07) is -1.04. The van der Waals surface area contributed by atoms with Crippen molar-refractivity contribution in [3.8, 4) is 0 Å². The molecule has 7 heteroatoms. The lowest BCUT2D eigenvalue weighted by Crippen LogP contribution is -2.62. The van der Waals surface area contributed by atoms with Gasteiger partial charge in [-0.05, 0) is 0 Å². The summed E-state index contributed by atoms with van der Waals surface area (Å²) in [5, 5.41) is 27.7. The van der Waals surface area contributed by atoms with E-state index in [1.54, 1.807) is 0 Å². The molecular formula is C8H15NO6. The number of nitrogens with two attached hydrogens (primary N) is 1. The van der Waals surface area contributed by atoms with Crippen LogP contribution in [-0.2, 0) is 14.3 Å². The van der Waals surface area contributed by atoms with E-state index in [1.165, 1.54) is 6.92 Å². The lowest BCUT2D eigenvalue weighted by Gasteiger charge is -2.39. The van der Waals surface area contributed by atoms with Crippen molar-refractivity contribution in [1.29, 1.82) is 0 Å². The fraction of sp³-hybridized carbons (Fsp3) is 0.875. The van der Waals surface area contributed by atoms with E-state index in [4.69, 9.17) is 15.6 Å². The van der Waals surface area contributed by atoms with Gasteiger partial charge in [-0.2, -0.15) is 0 Å². The maximum Gasteiger partial charge on any atom is 0.304 e. The van der Waals surface area contributed by atoms with Gasteiger partial charge in [-0.1, -0.05) is 0 Å². The van der Waals surface area contributed by atoms with Gasteiger partial charge in [0.2, 0.25) is 6.29 Å². The molecule has 1 aliphatic rings. The van der Waals surface area contributed by atoms with Crippen molar-refractivity contribution in [2.24, 2.45) is 5.73 Å². The molecule has 1 saturated heterocycles. The Kier molecular flexibility index (Phi) is 4.00. The normalized spacial score (nSPS) is 41.3. The summed E-state index contributed by atoms with van der Waals surface area (Å²) in [5.74, 6) is -0.615. The Labute approximate surface area is 86.4 Å². The van der Waals surface area contributed by atoms with E-state index < -0.39 is 43.2 Å². The van der Waals surface area contributed by atoms with E-state index >= 15 is 0 Å². The van der Waals surface area contributed by atoms with Gasteiger partial charge in [0.05, 0.1) is 12.6 Å². The number of hydrogen-bond acceptors (Lipinski definition) is 7. The lowest BCUT2D eigenvalue weighted by molar-refractivity contribution is -0.258. The van der Waals surface area contributed by atoms with Crippen LogP contribution >= 0.6 is 0 Å². The molecule has 0 bridgehead atoms. The van der Waals surface area contributed by atoms with Gasteiger partial charge in [0.25, 0.3) is 0 Å². The summed E-state index contributed by atoms with van der Waals surface area (Å²) in [6.45, 7) is 0.671. The molecule has 88 valence electrons. The van der Waals surface area contributed by atoms with Crippen LogP contribution in [0.5, 0.6) is 0 Å². The molecular weight excluding hydrogens is 206 g/mol. The highest BCUT2D eigenvalue weighted by atomic mass is 16.7. The van der Waals surface area contributed by atoms with E-state index in [0.29, 0.717) is 0 Å². The van der Waals surface area contributed by atoms with Gasteiger partial charge < -0.3 is 30.5 Å². The molecule has 1 rings (SSSR count). The summed E-state index contributed by atoms with van der Waals surface area (Å²) in [7, 11) is 0. The third kappa shape index (κ3) is 2.64. The average molecular weight is 221 g/mol. The fourth-order valence-corrected chi connectivity index (χ4v) is 1.37. The highest BCUT2D eigenvalue weighted by Gasteiger charge is 2.43. The van der Waals surface area contributed by atoms with Crippen LogP contribution in [0.3, 0.4) is 0 Å². The van der Waals surface area contributed by atoms with Crippen molar-refractivity contribution in [1.82, 2.24) is 0 Å². The van der Waals surface area contributed by atoms with Gasteiger partial charge in [-0.3, -0.25) is 4.79 Å². The number of hydrogen-bond donors (Lipinski definition) is 4. The first-order valence-corrected chi connectivity index (χ1v) is 4.52. The van der Waals surface area contributed by atoms with Crippen molar-refractivity contribution < 1.29 is 29.6 Å². The van der Waals surface area contributed by atoms with Crippen LogP contribution < -0.4 is 5.73 Å². The predicted molar refractivity (Wildman–Crippen MR) is 47.5 cm³/mol. The smallest absolute Gasteiger partial charge is 0.304 e. The Balaban J connectivity index is 2.69. The first-order chi connectivity index (χ1) is 6.97. The minimum Gasteiger partial charge on any atom is -0.434 e. The first-order valence-electron chi connectivity index (χ1n) is 4.52. The number of aliphatic hydroxyl groups excluding tert-OH is 3. The van der Waals surface area contributed by atoms with E-state index in [1.807, 2.05) is 0 Å². The SMILES string of the molecule is CC(=O)O[C@@H]1O[C@H](CO)[C@H](O)[C@H](O)[C@H]1N. The third-order valence-corrected chi connectivity index (χ3v) is 2.21. The number of carbonyl (C=O) groups is 1. The van der Waals surface area contributed by atoms with Crippen LogP contribution in [0.25, 0.3) is 0 Å². The molecule has 5 atom stereocenters. The second kappa shape index (κ2) is 4.86. The summed E-state index contributed by atoms with van der Waals surface area (Å²) < 4.78 is 9.70. The molecule has 0 radical (unpaired) electrons. The molecule has 0 aromatic rings. The minimum absolute atomic E-state index is 0.497. The summed E-state index contributed by atoms with van der Waals surface area (Å²) in [4.78, 5) is 10.7. The van der Waals surface area contributed by atoms with Crippen LogP contribution in [-0.4, -0.2) is 58.5 Å². The number of esters is 1. The third-order valence-electron chi connectivity index (χ3n) is 2.21. The van der Waals surface area contributed by atoms with Crippen LogP contribution in [0.1, 0.15) is 6.92 Å². The molecule has 0 spiro atoms. The number of carbonyl (C=O) groups excluding carboxylic acids is 1. The minimum atomic E-state index is -1.31. The molecule has 7 nitrogen and oxygen atoms in total. The zero-order chi connectivity index (χ0) is 11.6. The Bertz CT molecular complexity index is 233. The van der Waals surface area contributed by atoms with Gasteiger partial charge in [-0.25, -0.2) is 0 Å². The largest absolute Gasteiger partial charge is 0.434 e. The van der Waals surface area contributed by atoms with Gasteiger partial charge in [-0.15, -0.1) is 0 Å². The highest BCUT2D eigenvalue weighted by molar-refractivity contribution is 5.66. The van der Waals surface area contributed by atoms with Crippen LogP contribution in [0.2, 0.25) is 0 Å². The molecule has 1 aliphatic heterocycles. The topological polar surface area (TPSA) is 122 Å². The number of aliphatic hydroxyl groups is 3. The Morgan fingerprint density at radius 1 is 1.47 bits per heavy atom. The van der Waals surface area contributed by atoms with Crippen molar-refractivity contribution in [2.75, 3.05) is 6.61 Å². The summed E-state index contributed by atoms with van der Waals surface area (Å²) in [5.41, 5.74) is 5.48. The second-order valence-corrected chi connectivity index (χ2v) is 3.39.